The maximum absolute atomic E-state index is 12.5. The molecule has 5 heteroatoms. The number of benzene rings is 1. The lowest BCUT2D eigenvalue weighted by atomic mass is 9.86. The number of carbonyl (C=O) groups excluding carboxylic acids is 1. The summed E-state index contributed by atoms with van der Waals surface area (Å²) in [7, 11) is 1.62. The fraction of sp³-hybridized carbons (Fsp3) is 0.650. The van der Waals surface area contributed by atoms with Gasteiger partial charge in [-0.05, 0) is 18.1 Å². The molecule has 0 aliphatic carbocycles. The Kier molecular flexibility index (Phi) is 6.99. The second-order valence-corrected chi connectivity index (χ2v) is 7.29. The average molecular weight is 350 g/mol. The normalized spacial score (nSPS) is 26.3. The first kappa shape index (κ1) is 19.9. The highest BCUT2D eigenvalue weighted by atomic mass is 16.7. The van der Waals surface area contributed by atoms with Crippen molar-refractivity contribution in [3.8, 4) is 5.75 Å². The minimum absolute atomic E-state index is 0.0356. The lowest BCUT2D eigenvalue weighted by Gasteiger charge is -2.38. The van der Waals surface area contributed by atoms with E-state index in [9.17, 15) is 9.90 Å². The minimum Gasteiger partial charge on any atom is -0.497 e. The summed E-state index contributed by atoms with van der Waals surface area (Å²) >= 11 is 0. The number of methoxy groups -OCH3 is 1. The Balaban J connectivity index is 2.04. The molecule has 0 spiro atoms. The van der Waals surface area contributed by atoms with E-state index in [0.717, 1.165) is 11.3 Å². The molecular formula is C20H30O5. The van der Waals surface area contributed by atoms with Crippen LogP contribution in [-0.2, 0) is 14.3 Å². The van der Waals surface area contributed by atoms with Gasteiger partial charge in [-0.2, -0.15) is 0 Å². The first-order valence-electron chi connectivity index (χ1n) is 8.95. The van der Waals surface area contributed by atoms with Crippen molar-refractivity contribution in [3.05, 3.63) is 29.8 Å². The van der Waals surface area contributed by atoms with Gasteiger partial charge >= 0.3 is 0 Å². The van der Waals surface area contributed by atoms with E-state index in [1.54, 1.807) is 7.11 Å². The van der Waals surface area contributed by atoms with Crippen molar-refractivity contribution in [2.24, 2.45) is 17.8 Å². The molecule has 5 nitrogen and oxygen atoms in total. The van der Waals surface area contributed by atoms with Gasteiger partial charge in [-0.25, -0.2) is 0 Å². The van der Waals surface area contributed by atoms with E-state index in [1.807, 2.05) is 52.0 Å². The van der Waals surface area contributed by atoms with Crippen LogP contribution in [0.15, 0.2) is 24.3 Å². The molecule has 1 aromatic rings. The first-order valence-corrected chi connectivity index (χ1v) is 8.95. The molecule has 1 saturated heterocycles. The smallest absolute Gasteiger partial charge is 0.184 e. The van der Waals surface area contributed by atoms with Gasteiger partial charge in [-0.3, -0.25) is 4.79 Å². The molecule has 0 radical (unpaired) electrons. The van der Waals surface area contributed by atoms with Gasteiger partial charge in [-0.1, -0.05) is 39.8 Å². The van der Waals surface area contributed by atoms with E-state index in [-0.39, 0.29) is 36.1 Å². The van der Waals surface area contributed by atoms with Crippen molar-refractivity contribution in [2.45, 2.75) is 52.6 Å². The van der Waals surface area contributed by atoms with Crippen molar-refractivity contribution < 1.29 is 24.1 Å². The summed E-state index contributed by atoms with van der Waals surface area (Å²) in [6.45, 7) is 8.27. The maximum atomic E-state index is 12.5. The van der Waals surface area contributed by atoms with Gasteiger partial charge in [0, 0.05) is 23.8 Å². The summed E-state index contributed by atoms with van der Waals surface area (Å²) in [5.74, 6) is 0.707. The number of Topliss-reactive ketones (excluding diaryl/α,β-unsaturated/α-hetero) is 1. The third-order valence-electron chi connectivity index (χ3n) is 4.92. The van der Waals surface area contributed by atoms with Gasteiger partial charge < -0.3 is 19.3 Å². The zero-order chi connectivity index (χ0) is 18.6. The SMILES string of the molecule is COc1ccc([C@H]2OC[C@@H](C)[C@@H]([C@@H](C)C(=O)C[C@@H](O)C(C)C)O2)cc1. The molecule has 0 saturated carbocycles. The van der Waals surface area contributed by atoms with Crippen molar-refractivity contribution in [1.82, 2.24) is 0 Å². The molecule has 0 unspecified atom stereocenters. The zero-order valence-corrected chi connectivity index (χ0v) is 15.8. The third kappa shape index (κ3) is 5.03. The number of ether oxygens (including phenoxy) is 3. The Morgan fingerprint density at radius 2 is 1.92 bits per heavy atom. The van der Waals surface area contributed by atoms with E-state index in [1.165, 1.54) is 0 Å². The standard InChI is InChI=1S/C20H30O5/c1-12(2)17(21)10-18(22)14(4)19-13(3)11-24-20(25-19)15-6-8-16(23-5)9-7-15/h6-9,12-14,17,19-21H,10-11H2,1-5H3/t13-,14+,17-,19+,20+/m1/s1. The van der Waals surface area contributed by atoms with Gasteiger partial charge in [0.2, 0.25) is 0 Å². The number of hydrogen-bond acceptors (Lipinski definition) is 5. The molecule has 5 atom stereocenters. The van der Waals surface area contributed by atoms with E-state index >= 15 is 0 Å². The van der Waals surface area contributed by atoms with Crippen molar-refractivity contribution in [2.75, 3.05) is 13.7 Å². The van der Waals surface area contributed by atoms with E-state index in [0.29, 0.717) is 6.61 Å². The van der Waals surface area contributed by atoms with Crippen LogP contribution in [-0.4, -0.2) is 36.8 Å². The summed E-state index contributed by atoms with van der Waals surface area (Å²) in [5, 5.41) is 9.99. The van der Waals surface area contributed by atoms with Crippen LogP contribution >= 0.6 is 0 Å². The van der Waals surface area contributed by atoms with Crippen LogP contribution in [0.1, 0.15) is 46.0 Å². The largest absolute Gasteiger partial charge is 0.497 e. The molecular weight excluding hydrogens is 320 g/mol. The Labute approximate surface area is 150 Å². The molecule has 1 N–H and O–H groups in total. The molecule has 0 aromatic heterocycles. The molecule has 2 rings (SSSR count). The molecule has 140 valence electrons. The quantitative estimate of drug-likeness (QED) is 0.817. The average Bonchev–Trinajstić information content (AvgIpc) is 2.61. The summed E-state index contributed by atoms with van der Waals surface area (Å²) in [6, 6.07) is 7.54. The molecule has 0 amide bonds. The van der Waals surface area contributed by atoms with Crippen molar-refractivity contribution in [3.63, 3.8) is 0 Å². The van der Waals surface area contributed by atoms with Gasteiger partial charge in [-0.15, -0.1) is 0 Å². The number of hydrogen-bond donors (Lipinski definition) is 1. The molecule has 1 aromatic carbocycles. The fourth-order valence-corrected chi connectivity index (χ4v) is 3.01. The van der Waals surface area contributed by atoms with Crippen LogP contribution in [0.3, 0.4) is 0 Å². The number of aliphatic hydroxyl groups is 1. The predicted molar refractivity (Wildman–Crippen MR) is 95.4 cm³/mol. The molecule has 1 aliphatic rings. The van der Waals surface area contributed by atoms with Gasteiger partial charge in [0.1, 0.15) is 11.5 Å². The van der Waals surface area contributed by atoms with Crippen LogP contribution in [0, 0.1) is 17.8 Å². The molecule has 1 fully saturated rings. The van der Waals surface area contributed by atoms with Crippen LogP contribution in [0.4, 0.5) is 0 Å². The lowest BCUT2D eigenvalue weighted by molar-refractivity contribution is -0.248. The maximum Gasteiger partial charge on any atom is 0.184 e. The van der Waals surface area contributed by atoms with Crippen LogP contribution in [0.25, 0.3) is 0 Å². The van der Waals surface area contributed by atoms with Crippen molar-refractivity contribution >= 4 is 5.78 Å². The Morgan fingerprint density at radius 3 is 2.48 bits per heavy atom. The van der Waals surface area contributed by atoms with Crippen LogP contribution in [0.2, 0.25) is 0 Å². The van der Waals surface area contributed by atoms with E-state index < -0.39 is 12.4 Å². The molecule has 25 heavy (non-hydrogen) atoms. The molecule has 1 aliphatic heterocycles. The highest BCUT2D eigenvalue weighted by Crippen LogP contribution is 2.34. The van der Waals surface area contributed by atoms with E-state index in [4.69, 9.17) is 14.2 Å². The number of rotatable bonds is 7. The first-order chi connectivity index (χ1) is 11.8. The number of aliphatic hydroxyl groups excluding tert-OH is 1. The van der Waals surface area contributed by atoms with Crippen molar-refractivity contribution in [1.29, 1.82) is 0 Å². The van der Waals surface area contributed by atoms with Crippen LogP contribution < -0.4 is 4.74 Å². The predicted octanol–water partition coefficient (Wildman–Crippen LogP) is 3.36. The topological polar surface area (TPSA) is 65.0 Å². The molecule has 0 bridgehead atoms. The lowest BCUT2D eigenvalue weighted by Crippen LogP contribution is -2.42. The van der Waals surface area contributed by atoms with Gasteiger partial charge in [0.15, 0.2) is 6.29 Å². The van der Waals surface area contributed by atoms with Gasteiger partial charge in [0.25, 0.3) is 0 Å². The van der Waals surface area contributed by atoms with Crippen LogP contribution in [0.5, 0.6) is 5.75 Å². The fourth-order valence-electron chi connectivity index (χ4n) is 3.01. The Hall–Kier alpha value is -1.43. The number of ketones is 1. The summed E-state index contributed by atoms with van der Waals surface area (Å²) in [4.78, 5) is 12.5. The second-order valence-electron chi connectivity index (χ2n) is 7.29. The Bertz CT molecular complexity index is 554. The minimum atomic E-state index is -0.609. The highest BCUT2D eigenvalue weighted by molar-refractivity contribution is 5.81. The third-order valence-corrected chi connectivity index (χ3v) is 4.92. The monoisotopic (exact) mass is 350 g/mol. The number of carbonyl (C=O) groups is 1. The zero-order valence-electron chi connectivity index (χ0n) is 15.8. The summed E-state index contributed by atoms with van der Waals surface area (Å²) < 4.78 is 17.1. The summed E-state index contributed by atoms with van der Waals surface area (Å²) in [6.07, 6.45) is -1.16. The second kappa shape index (κ2) is 8.79. The van der Waals surface area contributed by atoms with Gasteiger partial charge in [0.05, 0.1) is 25.9 Å². The Morgan fingerprint density at radius 1 is 1.28 bits per heavy atom. The molecule has 1 heterocycles. The highest BCUT2D eigenvalue weighted by Gasteiger charge is 2.37. The summed E-state index contributed by atoms with van der Waals surface area (Å²) in [5.41, 5.74) is 0.902. The van der Waals surface area contributed by atoms with E-state index in [2.05, 4.69) is 0 Å².